The molecule has 1 unspecified atom stereocenters. The SMILES string of the molecule is O=C1NCC(COc2ccc3c(c2)N=C(NC(=O)c2cccnc2)N2CCN=C32)O1. The number of amidine groups is 1. The van der Waals surface area contributed by atoms with Crippen LogP contribution < -0.4 is 15.4 Å². The molecule has 0 radical (unpaired) electrons. The normalized spacial score (nSPS) is 19.1. The van der Waals surface area contributed by atoms with E-state index in [0.29, 0.717) is 42.6 Å². The lowest BCUT2D eigenvalue weighted by atomic mass is 10.1. The number of fused-ring (bicyclic) bond motifs is 3. The summed E-state index contributed by atoms with van der Waals surface area (Å²) in [4.78, 5) is 38.8. The van der Waals surface area contributed by atoms with E-state index in [-0.39, 0.29) is 18.6 Å². The molecule has 0 saturated carbocycles. The van der Waals surface area contributed by atoms with Gasteiger partial charge in [0.2, 0.25) is 5.96 Å². The van der Waals surface area contributed by atoms with E-state index < -0.39 is 6.09 Å². The van der Waals surface area contributed by atoms with E-state index in [1.807, 2.05) is 17.0 Å². The Morgan fingerprint density at radius 3 is 3.10 bits per heavy atom. The van der Waals surface area contributed by atoms with Crippen LogP contribution in [0.25, 0.3) is 0 Å². The number of alkyl carbamates (subject to hydrolysis) is 1. The number of nitrogens with zero attached hydrogens (tertiary/aromatic N) is 4. The minimum absolute atomic E-state index is 0.235. The van der Waals surface area contributed by atoms with Crippen molar-refractivity contribution in [3.8, 4) is 5.75 Å². The number of ether oxygens (including phenoxy) is 2. The van der Waals surface area contributed by atoms with Gasteiger partial charge in [-0.15, -0.1) is 0 Å². The molecule has 1 atom stereocenters. The number of guanidine groups is 1. The first-order chi connectivity index (χ1) is 14.7. The van der Waals surface area contributed by atoms with Crippen molar-refractivity contribution >= 4 is 29.5 Å². The van der Waals surface area contributed by atoms with Crippen LogP contribution in [0.15, 0.2) is 52.7 Å². The number of cyclic esters (lactones) is 1. The number of aromatic nitrogens is 1. The molecule has 5 rings (SSSR count). The van der Waals surface area contributed by atoms with Gasteiger partial charge >= 0.3 is 6.09 Å². The standard InChI is InChI=1S/C20H18N6O4/c27-18(12-2-1-5-21-9-12)25-19-24-16-8-13(29-11-14-10-23-20(28)30-14)3-4-15(16)17-22-6-7-26(17)19/h1-5,8-9,14H,6-7,10-11H2,(H,23,28)(H,24,25,27). The zero-order valence-corrected chi connectivity index (χ0v) is 15.9. The van der Waals surface area contributed by atoms with E-state index in [4.69, 9.17) is 9.47 Å². The molecule has 3 aliphatic rings. The lowest BCUT2D eigenvalue weighted by Crippen LogP contribution is -2.47. The Bertz CT molecular complexity index is 1070. The number of carbonyl (C=O) groups excluding carboxylic acids is 2. The number of benzene rings is 1. The number of hydrogen-bond acceptors (Lipinski definition) is 8. The highest BCUT2D eigenvalue weighted by Gasteiger charge is 2.31. The average Bonchev–Trinajstić information content (AvgIpc) is 3.42. The van der Waals surface area contributed by atoms with Crippen molar-refractivity contribution in [3.05, 3.63) is 53.9 Å². The van der Waals surface area contributed by atoms with Crippen molar-refractivity contribution in [2.75, 3.05) is 26.2 Å². The first-order valence-corrected chi connectivity index (χ1v) is 9.51. The molecule has 10 nitrogen and oxygen atoms in total. The molecule has 152 valence electrons. The third-order valence-corrected chi connectivity index (χ3v) is 4.87. The minimum atomic E-state index is -0.438. The number of pyridine rings is 1. The van der Waals surface area contributed by atoms with Gasteiger partial charge in [-0.1, -0.05) is 0 Å². The summed E-state index contributed by atoms with van der Waals surface area (Å²) in [6, 6.07) is 8.90. The minimum Gasteiger partial charge on any atom is -0.490 e. The van der Waals surface area contributed by atoms with Gasteiger partial charge in [-0.3, -0.25) is 25.0 Å². The second-order valence-corrected chi connectivity index (χ2v) is 6.89. The zero-order chi connectivity index (χ0) is 20.5. The van der Waals surface area contributed by atoms with E-state index in [1.54, 1.807) is 24.4 Å². The summed E-state index contributed by atoms with van der Waals surface area (Å²) in [5, 5.41) is 5.45. The summed E-state index contributed by atoms with van der Waals surface area (Å²) >= 11 is 0. The molecule has 1 aromatic heterocycles. The molecule has 1 fully saturated rings. The zero-order valence-electron chi connectivity index (χ0n) is 15.9. The molecule has 30 heavy (non-hydrogen) atoms. The van der Waals surface area contributed by atoms with Gasteiger partial charge in [-0.05, 0) is 24.3 Å². The monoisotopic (exact) mass is 406 g/mol. The first-order valence-electron chi connectivity index (χ1n) is 9.51. The van der Waals surface area contributed by atoms with E-state index in [2.05, 4.69) is 25.6 Å². The lowest BCUT2D eigenvalue weighted by molar-refractivity contribution is 0.0973. The van der Waals surface area contributed by atoms with Gasteiger partial charge in [-0.25, -0.2) is 9.79 Å². The molecule has 1 saturated heterocycles. The van der Waals surface area contributed by atoms with Crippen LogP contribution in [0.5, 0.6) is 5.75 Å². The maximum Gasteiger partial charge on any atom is 0.407 e. The van der Waals surface area contributed by atoms with E-state index in [1.165, 1.54) is 6.20 Å². The van der Waals surface area contributed by atoms with Crippen molar-refractivity contribution < 1.29 is 19.1 Å². The molecule has 0 aliphatic carbocycles. The average molecular weight is 406 g/mol. The van der Waals surface area contributed by atoms with E-state index in [9.17, 15) is 9.59 Å². The fourth-order valence-electron chi connectivity index (χ4n) is 3.42. The Kier molecular flexibility index (Phi) is 4.51. The van der Waals surface area contributed by atoms with Gasteiger partial charge in [0, 0.05) is 30.6 Å². The molecule has 0 spiro atoms. The molecule has 2 aromatic rings. The van der Waals surface area contributed by atoms with Crippen LogP contribution in [-0.2, 0) is 4.74 Å². The number of aliphatic imine (C=N–C) groups is 2. The largest absolute Gasteiger partial charge is 0.490 e. The van der Waals surface area contributed by atoms with Crippen molar-refractivity contribution in [1.29, 1.82) is 0 Å². The molecule has 10 heteroatoms. The summed E-state index contributed by atoms with van der Waals surface area (Å²) in [6.45, 7) is 1.91. The Labute approximate surface area is 171 Å². The fraction of sp³-hybridized carbons (Fsp3) is 0.250. The summed E-state index contributed by atoms with van der Waals surface area (Å²) < 4.78 is 10.8. The van der Waals surface area contributed by atoms with Crippen molar-refractivity contribution in [2.24, 2.45) is 9.98 Å². The highest BCUT2D eigenvalue weighted by Crippen LogP contribution is 2.32. The third kappa shape index (κ3) is 3.43. The molecule has 1 aromatic carbocycles. The summed E-state index contributed by atoms with van der Waals surface area (Å²) in [5.41, 5.74) is 1.96. The van der Waals surface area contributed by atoms with Crippen LogP contribution in [0.2, 0.25) is 0 Å². The van der Waals surface area contributed by atoms with Crippen molar-refractivity contribution in [1.82, 2.24) is 20.5 Å². The Morgan fingerprint density at radius 2 is 2.30 bits per heavy atom. The molecule has 0 bridgehead atoms. The highest BCUT2D eigenvalue weighted by atomic mass is 16.6. The van der Waals surface area contributed by atoms with Crippen LogP contribution >= 0.6 is 0 Å². The van der Waals surface area contributed by atoms with Crippen LogP contribution in [0, 0.1) is 0 Å². The first kappa shape index (κ1) is 18.1. The van der Waals surface area contributed by atoms with Crippen LogP contribution in [0.4, 0.5) is 10.5 Å². The van der Waals surface area contributed by atoms with Gasteiger partial charge in [-0.2, -0.15) is 0 Å². The smallest absolute Gasteiger partial charge is 0.407 e. The number of carbonyl (C=O) groups is 2. The molecular weight excluding hydrogens is 388 g/mol. The maximum atomic E-state index is 12.6. The Morgan fingerprint density at radius 1 is 1.37 bits per heavy atom. The molecular formula is C20H18N6O4. The van der Waals surface area contributed by atoms with Crippen molar-refractivity contribution in [3.63, 3.8) is 0 Å². The topological polar surface area (TPSA) is 118 Å². The van der Waals surface area contributed by atoms with E-state index in [0.717, 1.165) is 11.4 Å². The second kappa shape index (κ2) is 7.47. The molecule has 2 amide bonds. The van der Waals surface area contributed by atoms with Crippen LogP contribution in [0.1, 0.15) is 15.9 Å². The predicted molar refractivity (Wildman–Crippen MR) is 107 cm³/mol. The number of hydrogen-bond donors (Lipinski definition) is 2. The van der Waals surface area contributed by atoms with Gasteiger partial charge in [0.15, 0.2) is 6.10 Å². The number of rotatable bonds is 4. The van der Waals surface area contributed by atoms with Crippen molar-refractivity contribution in [2.45, 2.75) is 6.10 Å². The second-order valence-electron chi connectivity index (χ2n) is 6.89. The maximum absolute atomic E-state index is 12.6. The summed E-state index contributed by atoms with van der Waals surface area (Å²) in [7, 11) is 0. The van der Waals surface area contributed by atoms with Gasteiger partial charge in [0.05, 0.1) is 24.3 Å². The predicted octanol–water partition coefficient (Wildman–Crippen LogP) is 1.06. The van der Waals surface area contributed by atoms with Crippen LogP contribution in [-0.4, -0.2) is 66.0 Å². The lowest BCUT2D eigenvalue weighted by Gasteiger charge is -2.27. The molecule has 3 aliphatic heterocycles. The van der Waals surface area contributed by atoms with Crippen LogP contribution in [0.3, 0.4) is 0 Å². The van der Waals surface area contributed by atoms with Gasteiger partial charge < -0.3 is 14.8 Å². The Balaban J connectivity index is 1.38. The fourth-order valence-corrected chi connectivity index (χ4v) is 3.42. The number of nitrogens with one attached hydrogen (secondary N) is 2. The van der Waals surface area contributed by atoms with Gasteiger partial charge in [0.25, 0.3) is 5.91 Å². The van der Waals surface area contributed by atoms with Gasteiger partial charge in [0.1, 0.15) is 18.2 Å². The quantitative estimate of drug-likeness (QED) is 0.784. The molecule has 2 N–H and O–H groups in total. The number of amides is 2. The summed E-state index contributed by atoms with van der Waals surface area (Å²) in [5.74, 6) is 1.48. The third-order valence-electron chi connectivity index (χ3n) is 4.87. The Hall–Kier alpha value is -3.95. The highest BCUT2D eigenvalue weighted by molar-refractivity contribution is 6.19. The van der Waals surface area contributed by atoms with E-state index >= 15 is 0 Å². The summed E-state index contributed by atoms with van der Waals surface area (Å²) in [6.07, 6.45) is 2.34. The molecule has 4 heterocycles.